The fraction of sp³-hybridized carbons (Fsp3) is 0.278. The maximum Gasteiger partial charge on any atom is 0.417 e. The molecule has 0 unspecified atom stereocenters. The number of rotatable bonds is 7. The summed E-state index contributed by atoms with van der Waals surface area (Å²) in [5, 5.41) is 4.07. The molecule has 0 amide bonds. The molecular formula is C18H19ClN2O3. The van der Waals surface area contributed by atoms with Gasteiger partial charge in [-0.1, -0.05) is 23.7 Å². The number of aromatic amines is 1. The fourth-order valence-electron chi connectivity index (χ4n) is 2.66. The average Bonchev–Trinajstić information content (AvgIpc) is 2.95. The smallest absolute Gasteiger partial charge is 0.417 e. The number of ether oxygens (including phenoxy) is 1. The lowest BCUT2D eigenvalue weighted by molar-refractivity contribution is 0.336. The first-order chi connectivity index (χ1) is 11.7. The van der Waals surface area contributed by atoms with E-state index in [0.717, 1.165) is 29.8 Å². The number of nitrogens with one attached hydrogen (secondary N) is 2. The van der Waals surface area contributed by atoms with Gasteiger partial charge in [-0.15, -0.1) is 0 Å². The van der Waals surface area contributed by atoms with Crippen molar-refractivity contribution in [3.05, 3.63) is 63.1 Å². The van der Waals surface area contributed by atoms with Crippen molar-refractivity contribution in [2.24, 2.45) is 0 Å². The first-order valence-corrected chi connectivity index (χ1v) is 8.28. The summed E-state index contributed by atoms with van der Waals surface area (Å²) in [6.07, 6.45) is 0.795. The Morgan fingerprint density at radius 2 is 2.12 bits per heavy atom. The van der Waals surface area contributed by atoms with E-state index in [1.807, 2.05) is 43.3 Å². The van der Waals surface area contributed by atoms with Crippen molar-refractivity contribution in [3.63, 3.8) is 0 Å². The lowest BCUT2D eigenvalue weighted by Gasteiger charge is -2.11. The molecule has 2 aromatic carbocycles. The molecule has 0 spiro atoms. The van der Waals surface area contributed by atoms with E-state index < -0.39 is 5.76 Å². The molecule has 0 saturated heterocycles. The molecule has 0 bridgehead atoms. The molecule has 0 aliphatic rings. The monoisotopic (exact) mass is 346 g/mol. The van der Waals surface area contributed by atoms with Crippen LogP contribution in [0.25, 0.3) is 11.1 Å². The minimum absolute atomic E-state index is 0.433. The SMILES string of the molecule is CCOc1ccc(Cl)cc1CCNCc1cccc2[nH]c(=O)oc12. The van der Waals surface area contributed by atoms with Crippen LogP contribution >= 0.6 is 11.6 Å². The van der Waals surface area contributed by atoms with Crippen LogP contribution in [0.3, 0.4) is 0 Å². The number of halogens is 1. The van der Waals surface area contributed by atoms with Gasteiger partial charge in [-0.25, -0.2) is 4.79 Å². The van der Waals surface area contributed by atoms with Gasteiger partial charge in [0.05, 0.1) is 12.1 Å². The first kappa shape index (κ1) is 16.6. The van der Waals surface area contributed by atoms with Crippen LogP contribution in [0, 0.1) is 0 Å². The van der Waals surface area contributed by atoms with Crippen molar-refractivity contribution in [2.75, 3.05) is 13.2 Å². The highest BCUT2D eigenvalue weighted by Crippen LogP contribution is 2.23. The molecule has 6 heteroatoms. The average molecular weight is 347 g/mol. The van der Waals surface area contributed by atoms with Crippen LogP contribution in [0.5, 0.6) is 5.75 Å². The summed E-state index contributed by atoms with van der Waals surface area (Å²) in [6.45, 7) is 3.95. The minimum Gasteiger partial charge on any atom is -0.494 e. The number of aromatic nitrogens is 1. The van der Waals surface area contributed by atoms with Crippen LogP contribution in [0.15, 0.2) is 45.6 Å². The Hall–Kier alpha value is -2.24. The topological polar surface area (TPSA) is 67.3 Å². The predicted octanol–water partition coefficient (Wildman–Crippen LogP) is 3.51. The molecule has 2 N–H and O–H groups in total. The maximum atomic E-state index is 11.3. The van der Waals surface area contributed by atoms with Crippen LogP contribution < -0.4 is 15.8 Å². The van der Waals surface area contributed by atoms with E-state index in [9.17, 15) is 4.79 Å². The van der Waals surface area contributed by atoms with Crippen LogP contribution in [0.2, 0.25) is 5.02 Å². The third-order valence-electron chi connectivity index (χ3n) is 3.74. The van der Waals surface area contributed by atoms with E-state index in [2.05, 4.69) is 10.3 Å². The van der Waals surface area contributed by atoms with Gasteiger partial charge in [0.1, 0.15) is 5.75 Å². The number of oxazole rings is 1. The Bertz CT molecular complexity index is 885. The molecule has 1 aromatic heterocycles. The van der Waals surface area contributed by atoms with Gasteiger partial charge in [0.15, 0.2) is 5.58 Å². The Kier molecular flexibility index (Phi) is 5.23. The minimum atomic E-state index is -0.433. The van der Waals surface area contributed by atoms with Crippen molar-refractivity contribution in [2.45, 2.75) is 19.9 Å². The van der Waals surface area contributed by atoms with Crippen molar-refractivity contribution in [1.82, 2.24) is 10.3 Å². The zero-order valence-electron chi connectivity index (χ0n) is 13.4. The van der Waals surface area contributed by atoms with Gasteiger partial charge in [0.25, 0.3) is 0 Å². The molecule has 0 fully saturated rings. The second-order valence-corrected chi connectivity index (χ2v) is 5.86. The van der Waals surface area contributed by atoms with E-state index >= 15 is 0 Å². The molecule has 0 aliphatic carbocycles. The summed E-state index contributed by atoms with van der Waals surface area (Å²) in [7, 11) is 0. The number of para-hydroxylation sites is 1. The molecule has 5 nitrogen and oxygen atoms in total. The van der Waals surface area contributed by atoms with Gasteiger partial charge in [-0.2, -0.15) is 0 Å². The van der Waals surface area contributed by atoms with Gasteiger partial charge in [-0.05, 0) is 49.7 Å². The van der Waals surface area contributed by atoms with Gasteiger partial charge in [0, 0.05) is 17.1 Å². The Morgan fingerprint density at radius 3 is 2.96 bits per heavy atom. The summed E-state index contributed by atoms with van der Waals surface area (Å²) in [6, 6.07) is 11.3. The van der Waals surface area contributed by atoms with Crippen molar-refractivity contribution in [1.29, 1.82) is 0 Å². The van der Waals surface area contributed by atoms with Gasteiger partial charge < -0.3 is 14.5 Å². The van der Waals surface area contributed by atoms with Crippen LogP contribution in [0.1, 0.15) is 18.1 Å². The molecular weight excluding hydrogens is 328 g/mol. The largest absolute Gasteiger partial charge is 0.494 e. The molecule has 0 radical (unpaired) electrons. The van der Waals surface area contributed by atoms with E-state index in [1.165, 1.54) is 0 Å². The van der Waals surface area contributed by atoms with Crippen molar-refractivity contribution in [3.8, 4) is 5.75 Å². The summed E-state index contributed by atoms with van der Waals surface area (Å²) < 4.78 is 10.8. The molecule has 126 valence electrons. The predicted molar refractivity (Wildman–Crippen MR) is 94.9 cm³/mol. The van der Waals surface area contributed by atoms with Gasteiger partial charge in [-0.3, -0.25) is 4.98 Å². The number of fused-ring (bicyclic) bond motifs is 1. The standard InChI is InChI=1S/C18H19ClN2O3/c1-2-23-16-7-6-14(19)10-12(16)8-9-20-11-13-4-3-5-15-17(13)24-18(22)21-15/h3-7,10,20H,2,8-9,11H2,1H3,(H,21,22). The highest BCUT2D eigenvalue weighted by molar-refractivity contribution is 6.30. The van der Waals surface area contributed by atoms with E-state index in [-0.39, 0.29) is 0 Å². The third kappa shape index (κ3) is 3.80. The summed E-state index contributed by atoms with van der Waals surface area (Å²) in [5.41, 5.74) is 3.34. The highest BCUT2D eigenvalue weighted by atomic mass is 35.5. The summed E-state index contributed by atoms with van der Waals surface area (Å²) >= 11 is 6.07. The van der Waals surface area contributed by atoms with Gasteiger partial charge in [0.2, 0.25) is 0 Å². The quantitative estimate of drug-likeness (QED) is 0.642. The number of hydrogen-bond acceptors (Lipinski definition) is 4. The normalized spacial score (nSPS) is 11.1. The Balaban J connectivity index is 1.63. The van der Waals surface area contributed by atoms with E-state index in [4.69, 9.17) is 20.8 Å². The number of hydrogen-bond donors (Lipinski definition) is 2. The van der Waals surface area contributed by atoms with Gasteiger partial charge >= 0.3 is 5.76 Å². The van der Waals surface area contributed by atoms with E-state index in [0.29, 0.717) is 29.3 Å². The van der Waals surface area contributed by atoms with Crippen LogP contribution in [0.4, 0.5) is 0 Å². The zero-order chi connectivity index (χ0) is 16.9. The molecule has 3 aromatic rings. The Morgan fingerprint density at radius 1 is 1.25 bits per heavy atom. The highest BCUT2D eigenvalue weighted by Gasteiger charge is 2.07. The van der Waals surface area contributed by atoms with Crippen LogP contribution in [-0.4, -0.2) is 18.1 Å². The summed E-state index contributed by atoms with van der Waals surface area (Å²) in [5.74, 6) is 0.431. The molecule has 0 saturated carbocycles. The fourth-order valence-corrected chi connectivity index (χ4v) is 2.85. The molecule has 0 atom stereocenters. The molecule has 24 heavy (non-hydrogen) atoms. The van der Waals surface area contributed by atoms with E-state index in [1.54, 1.807) is 0 Å². The number of benzene rings is 2. The maximum absolute atomic E-state index is 11.3. The first-order valence-electron chi connectivity index (χ1n) is 7.90. The van der Waals surface area contributed by atoms with Crippen molar-refractivity contribution < 1.29 is 9.15 Å². The lowest BCUT2D eigenvalue weighted by Crippen LogP contribution is -2.17. The third-order valence-corrected chi connectivity index (χ3v) is 3.97. The Labute approximate surface area is 144 Å². The number of H-pyrrole nitrogens is 1. The molecule has 3 rings (SSSR count). The second kappa shape index (κ2) is 7.55. The lowest BCUT2D eigenvalue weighted by atomic mass is 10.1. The second-order valence-electron chi connectivity index (χ2n) is 5.42. The van der Waals surface area contributed by atoms with Crippen LogP contribution in [-0.2, 0) is 13.0 Å². The summed E-state index contributed by atoms with van der Waals surface area (Å²) in [4.78, 5) is 14.0. The molecule has 0 aliphatic heterocycles. The molecule has 1 heterocycles. The van der Waals surface area contributed by atoms with Crippen molar-refractivity contribution >= 4 is 22.7 Å². The zero-order valence-corrected chi connectivity index (χ0v) is 14.2.